The molecule has 0 bridgehead atoms. The summed E-state index contributed by atoms with van der Waals surface area (Å²) in [6.45, 7) is 3.90. The van der Waals surface area contributed by atoms with Gasteiger partial charge in [0.1, 0.15) is 11.6 Å². The van der Waals surface area contributed by atoms with Crippen LogP contribution >= 0.6 is 0 Å². The van der Waals surface area contributed by atoms with Crippen LogP contribution in [-0.2, 0) is 0 Å². The van der Waals surface area contributed by atoms with Gasteiger partial charge in [-0.3, -0.25) is 0 Å². The molecule has 18 heavy (non-hydrogen) atoms. The lowest BCUT2D eigenvalue weighted by atomic mass is 9.93. The van der Waals surface area contributed by atoms with Crippen LogP contribution in [0, 0.1) is 25.5 Å². The Balaban J connectivity index is 2.51. The summed E-state index contributed by atoms with van der Waals surface area (Å²) in [5.74, 6) is -0.961. The van der Waals surface area contributed by atoms with E-state index >= 15 is 0 Å². The Morgan fingerprint density at radius 2 is 1.72 bits per heavy atom. The Bertz CT molecular complexity index is 577. The standard InChI is InChI=1S/C15H15F2N/c1-9-4-3-5-12(10(9)2)15(18)13-8-11(16)6-7-14(13)17/h3-8,15H,18H2,1-2H3. The minimum atomic E-state index is -0.652. The maximum absolute atomic E-state index is 13.7. The molecule has 1 atom stereocenters. The van der Waals surface area contributed by atoms with Crippen molar-refractivity contribution in [3.05, 3.63) is 70.3 Å². The van der Waals surface area contributed by atoms with Gasteiger partial charge in [-0.05, 0) is 48.7 Å². The smallest absolute Gasteiger partial charge is 0.128 e. The first-order valence-electron chi connectivity index (χ1n) is 5.77. The summed E-state index contributed by atoms with van der Waals surface area (Å²) in [6, 6.07) is 8.38. The molecule has 2 aromatic carbocycles. The average Bonchev–Trinajstić information content (AvgIpc) is 2.35. The van der Waals surface area contributed by atoms with Crippen LogP contribution in [0.4, 0.5) is 8.78 Å². The minimum absolute atomic E-state index is 0.184. The molecule has 2 rings (SSSR count). The molecule has 94 valence electrons. The van der Waals surface area contributed by atoms with E-state index in [1.54, 1.807) is 0 Å². The normalized spacial score (nSPS) is 12.5. The summed E-state index contributed by atoms with van der Waals surface area (Å²) < 4.78 is 26.9. The van der Waals surface area contributed by atoms with E-state index in [0.29, 0.717) is 0 Å². The van der Waals surface area contributed by atoms with Crippen LogP contribution in [-0.4, -0.2) is 0 Å². The lowest BCUT2D eigenvalue weighted by Crippen LogP contribution is -2.15. The first kappa shape index (κ1) is 12.7. The van der Waals surface area contributed by atoms with Crippen molar-refractivity contribution in [2.24, 2.45) is 5.73 Å². The van der Waals surface area contributed by atoms with Crippen molar-refractivity contribution >= 4 is 0 Å². The molecule has 0 aliphatic carbocycles. The van der Waals surface area contributed by atoms with Crippen molar-refractivity contribution in [3.8, 4) is 0 Å². The predicted octanol–water partition coefficient (Wildman–Crippen LogP) is 3.63. The lowest BCUT2D eigenvalue weighted by molar-refractivity contribution is 0.576. The van der Waals surface area contributed by atoms with E-state index in [1.807, 2.05) is 32.0 Å². The van der Waals surface area contributed by atoms with Gasteiger partial charge < -0.3 is 5.73 Å². The summed E-state index contributed by atoms with van der Waals surface area (Å²) in [5, 5.41) is 0. The van der Waals surface area contributed by atoms with Crippen molar-refractivity contribution in [2.75, 3.05) is 0 Å². The number of hydrogen-bond acceptors (Lipinski definition) is 1. The van der Waals surface area contributed by atoms with Gasteiger partial charge in [0, 0.05) is 5.56 Å². The molecule has 0 spiro atoms. The number of nitrogens with two attached hydrogens (primary N) is 1. The second-order valence-corrected chi connectivity index (χ2v) is 4.43. The monoisotopic (exact) mass is 247 g/mol. The molecular weight excluding hydrogens is 232 g/mol. The zero-order valence-corrected chi connectivity index (χ0v) is 10.4. The van der Waals surface area contributed by atoms with Crippen LogP contribution in [0.3, 0.4) is 0 Å². The van der Waals surface area contributed by atoms with Crippen molar-refractivity contribution in [3.63, 3.8) is 0 Å². The van der Waals surface area contributed by atoms with Gasteiger partial charge in [0.2, 0.25) is 0 Å². The molecule has 0 saturated heterocycles. The SMILES string of the molecule is Cc1cccc(C(N)c2cc(F)ccc2F)c1C. The summed E-state index contributed by atoms with van der Waals surface area (Å²) in [4.78, 5) is 0. The van der Waals surface area contributed by atoms with Gasteiger partial charge in [-0.1, -0.05) is 18.2 Å². The van der Waals surface area contributed by atoms with E-state index < -0.39 is 17.7 Å². The van der Waals surface area contributed by atoms with Crippen LogP contribution in [0.15, 0.2) is 36.4 Å². The maximum atomic E-state index is 13.7. The zero-order chi connectivity index (χ0) is 13.3. The number of benzene rings is 2. The third kappa shape index (κ3) is 2.27. The Hall–Kier alpha value is -1.74. The Labute approximate surface area is 105 Å². The first-order chi connectivity index (χ1) is 8.50. The van der Waals surface area contributed by atoms with E-state index in [4.69, 9.17) is 5.73 Å². The molecule has 1 unspecified atom stereocenters. The lowest BCUT2D eigenvalue weighted by Gasteiger charge is -2.17. The highest BCUT2D eigenvalue weighted by molar-refractivity contribution is 5.40. The summed E-state index contributed by atoms with van der Waals surface area (Å²) >= 11 is 0. The summed E-state index contributed by atoms with van der Waals surface area (Å²) in [7, 11) is 0. The van der Waals surface area contributed by atoms with Crippen LogP contribution < -0.4 is 5.73 Å². The van der Waals surface area contributed by atoms with Gasteiger partial charge in [0.05, 0.1) is 6.04 Å². The number of hydrogen-bond donors (Lipinski definition) is 1. The highest BCUT2D eigenvalue weighted by Gasteiger charge is 2.16. The molecule has 2 N–H and O–H groups in total. The summed E-state index contributed by atoms with van der Waals surface area (Å²) in [6.07, 6.45) is 0. The largest absolute Gasteiger partial charge is 0.320 e. The quantitative estimate of drug-likeness (QED) is 0.861. The average molecular weight is 247 g/mol. The molecule has 3 heteroatoms. The van der Waals surface area contributed by atoms with E-state index in [1.165, 1.54) is 0 Å². The maximum Gasteiger partial charge on any atom is 0.128 e. The van der Waals surface area contributed by atoms with Crippen molar-refractivity contribution in [1.82, 2.24) is 0 Å². The van der Waals surface area contributed by atoms with E-state index in [9.17, 15) is 8.78 Å². The van der Waals surface area contributed by atoms with Gasteiger partial charge in [-0.2, -0.15) is 0 Å². The molecular formula is C15H15F2N. The molecule has 0 heterocycles. The molecule has 2 aromatic rings. The number of rotatable bonds is 2. The Morgan fingerprint density at radius 1 is 1.00 bits per heavy atom. The van der Waals surface area contributed by atoms with Gasteiger partial charge in [-0.15, -0.1) is 0 Å². The van der Waals surface area contributed by atoms with E-state index in [-0.39, 0.29) is 5.56 Å². The zero-order valence-electron chi connectivity index (χ0n) is 10.4. The summed E-state index contributed by atoms with van der Waals surface area (Å²) in [5.41, 5.74) is 9.14. The molecule has 1 nitrogen and oxygen atoms in total. The van der Waals surface area contributed by atoms with Crippen LogP contribution in [0.2, 0.25) is 0 Å². The fourth-order valence-corrected chi connectivity index (χ4v) is 2.03. The molecule has 0 aliphatic heterocycles. The van der Waals surface area contributed by atoms with Gasteiger partial charge in [-0.25, -0.2) is 8.78 Å². The van der Waals surface area contributed by atoms with Crippen molar-refractivity contribution in [2.45, 2.75) is 19.9 Å². The molecule has 0 saturated carbocycles. The number of halogens is 2. The van der Waals surface area contributed by atoms with Gasteiger partial charge in [0.25, 0.3) is 0 Å². The minimum Gasteiger partial charge on any atom is -0.320 e. The molecule has 0 radical (unpaired) electrons. The predicted molar refractivity (Wildman–Crippen MR) is 68.3 cm³/mol. The highest BCUT2D eigenvalue weighted by atomic mass is 19.1. The van der Waals surface area contributed by atoms with Crippen molar-refractivity contribution in [1.29, 1.82) is 0 Å². The topological polar surface area (TPSA) is 26.0 Å². The number of aryl methyl sites for hydroxylation is 1. The third-order valence-electron chi connectivity index (χ3n) is 3.27. The molecule has 0 fully saturated rings. The first-order valence-corrected chi connectivity index (χ1v) is 5.77. The van der Waals surface area contributed by atoms with Gasteiger partial charge >= 0.3 is 0 Å². The van der Waals surface area contributed by atoms with E-state index in [2.05, 4.69) is 0 Å². The Kier molecular flexibility index (Phi) is 3.43. The van der Waals surface area contributed by atoms with E-state index in [0.717, 1.165) is 34.9 Å². The molecule has 0 aromatic heterocycles. The molecule has 0 amide bonds. The molecule has 0 aliphatic rings. The van der Waals surface area contributed by atoms with Crippen LogP contribution in [0.25, 0.3) is 0 Å². The third-order valence-corrected chi connectivity index (χ3v) is 3.27. The fraction of sp³-hybridized carbons (Fsp3) is 0.200. The fourth-order valence-electron chi connectivity index (χ4n) is 2.03. The van der Waals surface area contributed by atoms with Gasteiger partial charge in [0.15, 0.2) is 0 Å². The van der Waals surface area contributed by atoms with Crippen molar-refractivity contribution < 1.29 is 8.78 Å². The second-order valence-electron chi connectivity index (χ2n) is 4.43. The highest BCUT2D eigenvalue weighted by Crippen LogP contribution is 2.26. The van der Waals surface area contributed by atoms with Crippen LogP contribution in [0.5, 0.6) is 0 Å². The second kappa shape index (κ2) is 4.86. The Morgan fingerprint density at radius 3 is 2.44 bits per heavy atom. The van der Waals surface area contributed by atoms with Crippen LogP contribution in [0.1, 0.15) is 28.3 Å².